The van der Waals surface area contributed by atoms with E-state index in [1.54, 1.807) is 12.1 Å². The number of hydrogen-bond acceptors (Lipinski definition) is 2. The highest BCUT2D eigenvalue weighted by Crippen LogP contribution is 2.35. The van der Waals surface area contributed by atoms with Gasteiger partial charge in [0.15, 0.2) is 6.61 Å². The summed E-state index contributed by atoms with van der Waals surface area (Å²) in [7, 11) is 0. The third kappa shape index (κ3) is 3.90. The first-order valence-corrected chi connectivity index (χ1v) is 6.79. The second-order valence-electron chi connectivity index (χ2n) is 5.60. The summed E-state index contributed by atoms with van der Waals surface area (Å²) in [4.78, 5) is 0. The summed E-state index contributed by atoms with van der Waals surface area (Å²) in [5.41, 5.74) is 7.23. The number of rotatable bonds is 4. The molecule has 0 radical (unpaired) electrons. The van der Waals surface area contributed by atoms with Crippen molar-refractivity contribution in [3.05, 3.63) is 29.8 Å². The standard InChI is InChI=1S/C15H21F2NO/c1-14(16,17)11-19-13-7-5-12(6-8-13)15(18)9-3-2-4-10-15/h5-8H,2-4,9-11,18H2,1H3. The normalized spacial score (nSPS) is 19.2. The molecule has 2 N–H and O–H groups in total. The molecule has 1 aromatic rings. The number of halogens is 2. The van der Waals surface area contributed by atoms with Gasteiger partial charge in [0.2, 0.25) is 0 Å². The molecule has 1 aliphatic rings. The highest BCUT2D eigenvalue weighted by Gasteiger charge is 2.29. The summed E-state index contributed by atoms with van der Waals surface area (Å²) in [6, 6.07) is 7.25. The van der Waals surface area contributed by atoms with Gasteiger partial charge in [-0.1, -0.05) is 31.4 Å². The van der Waals surface area contributed by atoms with Gasteiger partial charge >= 0.3 is 0 Å². The van der Waals surface area contributed by atoms with Crippen LogP contribution in [0, 0.1) is 0 Å². The molecule has 0 aromatic heterocycles. The van der Waals surface area contributed by atoms with Gasteiger partial charge in [-0.05, 0) is 30.5 Å². The van der Waals surface area contributed by atoms with E-state index >= 15 is 0 Å². The number of ether oxygens (including phenoxy) is 1. The largest absolute Gasteiger partial charge is 0.487 e. The maximum absolute atomic E-state index is 12.7. The van der Waals surface area contributed by atoms with E-state index in [0.717, 1.165) is 38.2 Å². The van der Waals surface area contributed by atoms with Gasteiger partial charge in [0.05, 0.1) is 0 Å². The number of hydrogen-bond donors (Lipinski definition) is 1. The average molecular weight is 269 g/mol. The lowest BCUT2D eigenvalue weighted by Crippen LogP contribution is -2.38. The Morgan fingerprint density at radius 3 is 2.26 bits per heavy atom. The van der Waals surface area contributed by atoms with Crippen LogP contribution in [0.4, 0.5) is 8.78 Å². The lowest BCUT2D eigenvalue weighted by molar-refractivity contribution is -0.0229. The number of benzene rings is 1. The van der Waals surface area contributed by atoms with Gasteiger partial charge in [0.25, 0.3) is 5.92 Å². The fraction of sp³-hybridized carbons (Fsp3) is 0.600. The van der Waals surface area contributed by atoms with Crippen LogP contribution < -0.4 is 10.5 Å². The van der Waals surface area contributed by atoms with Crippen LogP contribution in [-0.2, 0) is 5.54 Å². The van der Waals surface area contributed by atoms with Crippen molar-refractivity contribution in [3.8, 4) is 5.75 Å². The fourth-order valence-electron chi connectivity index (χ4n) is 2.56. The first kappa shape index (κ1) is 14.3. The smallest absolute Gasteiger partial charge is 0.278 e. The second-order valence-corrected chi connectivity index (χ2v) is 5.60. The Bertz CT molecular complexity index is 405. The van der Waals surface area contributed by atoms with Crippen molar-refractivity contribution in [3.63, 3.8) is 0 Å². The molecule has 1 aliphatic carbocycles. The summed E-state index contributed by atoms with van der Waals surface area (Å²) >= 11 is 0. The first-order valence-electron chi connectivity index (χ1n) is 6.79. The van der Waals surface area contributed by atoms with Crippen LogP contribution in [0.25, 0.3) is 0 Å². The Labute approximate surface area is 112 Å². The predicted octanol–water partition coefficient (Wildman–Crippen LogP) is 3.84. The molecule has 0 aliphatic heterocycles. The van der Waals surface area contributed by atoms with Crippen molar-refractivity contribution < 1.29 is 13.5 Å². The topological polar surface area (TPSA) is 35.2 Å². The van der Waals surface area contributed by atoms with Crippen LogP contribution >= 0.6 is 0 Å². The van der Waals surface area contributed by atoms with Crippen molar-refractivity contribution in [2.45, 2.75) is 50.5 Å². The van der Waals surface area contributed by atoms with Crippen molar-refractivity contribution in [1.82, 2.24) is 0 Å². The minimum absolute atomic E-state index is 0.258. The van der Waals surface area contributed by atoms with Crippen molar-refractivity contribution >= 4 is 0 Å². The highest BCUT2D eigenvalue weighted by atomic mass is 19.3. The minimum atomic E-state index is -2.81. The van der Waals surface area contributed by atoms with Crippen LogP contribution in [0.3, 0.4) is 0 Å². The molecule has 106 valence electrons. The van der Waals surface area contributed by atoms with E-state index in [1.165, 1.54) is 6.42 Å². The van der Waals surface area contributed by atoms with Gasteiger partial charge in [-0.2, -0.15) is 0 Å². The molecule has 1 aromatic carbocycles. The van der Waals surface area contributed by atoms with Gasteiger partial charge < -0.3 is 10.5 Å². The summed E-state index contributed by atoms with van der Waals surface area (Å²) in [6.07, 6.45) is 5.51. The van der Waals surface area contributed by atoms with Gasteiger partial charge in [0.1, 0.15) is 5.75 Å². The molecule has 0 saturated heterocycles. The Kier molecular flexibility index (Phi) is 4.09. The summed E-state index contributed by atoms with van der Waals surface area (Å²) in [6.45, 7) is 0.248. The average Bonchev–Trinajstić information content (AvgIpc) is 2.37. The molecule has 0 unspecified atom stereocenters. The molecule has 19 heavy (non-hydrogen) atoms. The molecule has 2 rings (SSSR count). The molecular weight excluding hydrogens is 248 g/mol. The zero-order valence-electron chi connectivity index (χ0n) is 11.3. The molecular formula is C15H21F2NO. The highest BCUT2D eigenvalue weighted by molar-refractivity contribution is 5.32. The maximum atomic E-state index is 12.7. The number of alkyl halides is 2. The van der Waals surface area contributed by atoms with Crippen LogP contribution in [0.1, 0.15) is 44.6 Å². The third-order valence-corrected chi connectivity index (χ3v) is 3.67. The summed E-state index contributed by atoms with van der Waals surface area (Å²) in [5, 5.41) is 0. The van der Waals surface area contributed by atoms with E-state index in [4.69, 9.17) is 10.5 Å². The molecule has 2 nitrogen and oxygen atoms in total. The van der Waals surface area contributed by atoms with E-state index in [2.05, 4.69) is 0 Å². The summed E-state index contributed by atoms with van der Waals surface area (Å²) < 4.78 is 30.4. The molecule has 0 heterocycles. The van der Waals surface area contributed by atoms with Gasteiger partial charge in [-0.25, -0.2) is 8.78 Å². The van der Waals surface area contributed by atoms with Crippen LogP contribution in [0.15, 0.2) is 24.3 Å². The Morgan fingerprint density at radius 1 is 1.16 bits per heavy atom. The van der Waals surface area contributed by atoms with Gasteiger partial charge in [-0.3, -0.25) is 0 Å². The zero-order valence-corrected chi connectivity index (χ0v) is 11.3. The maximum Gasteiger partial charge on any atom is 0.278 e. The first-order chi connectivity index (χ1) is 8.89. The van der Waals surface area contributed by atoms with Crippen molar-refractivity contribution in [2.24, 2.45) is 5.73 Å². The second kappa shape index (κ2) is 5.45. The third-order valence-electron chi connectivity index (χ3n) is 3.67. The minimum Gasteiger partial charge on any atom is -0.487 e. The van der Waals surface area contributed by atoms with Gasteiger partial charge in [0, 0.05) is 12.5 Å². The molecule has 0 atom stereocenters. The molecule has 4 heteroatoms. The molecule has 0 amide bonds. The lowest BCUT2D eigenvalue weighted by atomic mass is 9.77. The quantitative estimate of drug-likeness (QED) is 0.901. The molecule has 1 saturated carbocycles. The Balaban J connectivity index is 2.01. The van der Waals surface area contributed by atoms with E-state index in [-0.39, 0.29) is 5.54 Å². The molecule has 0 bridgehead atoms. The SMILES string of the molecule is CC(F)(F)COc1ccc(C2(N)CCCCC2)cc1. The number of nitrogens with two attached hydrogens (primary N) is 1. The predicted molar refractivity (Wildman–Crippen MR) is 71.5 cm³/mol. The Morgan fingerprint density at radius 2 is 1.74 bits per heavy atom. The van der Waals surface area contributed by atoms with E-state index in [9.17, 15) is 8.78 Å². The zero-order chi connectivity index (χ0) is 13.9. The van der Waals surface area contributed by atoms with Gasteiger partial charge in [-0.15, -0.1) is 0 Å². The fourth-order valence-corrected chi connectivity index (χ4v) is 2.56. The van der Waals surface area contributed by atoms with Crippen LogP contribution in [0.2, 0.25) is 0 Å². The Hall–Kier alpha value is -1.16. The lowest BCUT2D eigenvalue weighted by Gasteiger charge is -2.34. The van der Waals surface area contributed by atoms with E-state index in [1.807, 2.05) is 12.1 Å². The molecule has 0 spiro atoms. The van der Waals surface area contributed by atoms with Crippen LogP contribution in [-0.4, -0.2) is 12.5 Å². The summed E-state index contributed by atoms with van der Waals surface area (Å²) in [5.74, 6) is -2.35. The monoisotopic (exact) mass is 269 g/mol. The van der Waals surface area contributed by atoms with Crippen molar-refractivity contribution in [1.29, 1.82) is 0 Å². The van der Waals surface area contributed by atoms with Crippen LogP contribution in [0.5, 0.6) is 5.75 Å². The van der Waals surface area contributed by atoms with Crippen molar-refractivity contribution in [2.75, 3.05) is 6.61 Å². The van der Waals surface area contributed by atoms with E-state index in [0.29, 0.717) is 5.75 Å². The van der Waals surface area contributed by atoms with E-state index < -0.39 is 12.5 Å². The molecule has 1 fully saturated rings.